The molecule has 1 saturated heterocycles. The number of nitrogens with zero attached hydrogens (tertiary/aromatic N) is 2. The zero-order chi connectivity index (χ0) is 17.9. The van der Waals surface area contributed by atoms with Gasteiger partial charge in [-0.25, -0.2) is 4.39 Å². The molecule has 0 radical (unpaired) electrons. The van der Waals surface area contributed by atoms with Crippen LogP contribution in [-0.4, -0.2) is 47.8 Å². The van der Waals surface area contributed by atoms with Gasteiger partial charge in [0.05, 0.1) is 15.6 Å². The predicted octanol–water partition coefficient (Wildman–Crippen LogP) is 3.85. The Balaban J connectivity index is 1.96. The zero-order valence-corrected chi connectivity index (χ0v) is 15.3. The number of hydrogen-bond acceptors (Lipinski definition) is 2. The number of amides is 2. The van der Waals surface area contributed by atoms with E-state index in [9.17, 15) is 14.0 Å². The molecular formula is C17H21Cl2FN2O2. The number of carbonyl (C=O) groups is 2. The number of piperazine rings is 1. The molecule has 0 N–H and O–H groups in total. The Morgan fingerprint density at radius 3 is 2.25 bits per heavy atom. The zero-order valence-electron chi connectivity index (χ0n) is 13.8. The van der Waals surface area contributed by atoms with Crippen LogP contribution in [0.15, 0.2) is 12.1 Å². The Morgan fingerprint density at radius 2 is 1.67 bits per heavy atom. The maximum atomic E-state index is 13.6. The lowest BCUT2D eigenvalue weighted by Crippen LogP contribution is -2.50. The van der Waals surface area contributed by atoms with E-state index < -0.39 is 5.82 Å². The Kier molecular flexibility index (Phi) is 6.47. The van der Waals surface area contributed by atoms with Crippen molar-refractivity contribution in [3.8, 4) is 0 Å². The molecule has 132 valence electrons. The van der Waals surface area contributed by atoms with Crippen molar-refractivity contribution < 1.29 is 14.0 Å². The minimum absolute atomic E-state index is 0.0955. The first-order valence-corrected chi connectivity index (χ1v) is 8.76. The van der Waals surface area contributed by atoms with Crippen LogP contribution in [0.1, 0.15) is 37.0 Å². The van der Waals surface area contributed by atoms with Gasteiger partial charge in [0.2, 0.25) is 5.91 Å². The van der Waals surface area contributed by atoms with Crippen LogP contribution in [0.25, 0.3) is 0 Å². The van der Waals surface area contributed by atoms with Gasteiger partial charge in [0.1, 0.15) is 5.82 Å². The summed E-state index contributed by atoms with van der Waals surface area (Å²) in [6, 6.07) is 2.30. The standard InChI is InChI=1S/C17H21Cl2FN2O2/c1-11(2)3-4-16(23)21-5-7-22(8-6-21)17(24)12-9-15(20)14(19)10-13(12)18/h9-11H,3-8H2,1-2H3. The molecule has 1 aliphatic rings. The van der Waals surface area contributed by atoms with Gasteiger partial charge in [-0.2, -0.15) is 0 Å². The molecular weight excluding hydrogens is 354 g/mol. The lowest BCUT2D eigenvalue weighted by atomic mass is 10.1. The molecule has 0 bridgehead atoms. The average Bonchev–Trinajstić information content (AvgIpc) is 2.55. The summed E-state index contributed by atoms with van der Waals surface area (Å²) < 4.78 is 13.6. The molecule has 0 unspecified atom stereocenters. The molecule has 2 rings (SSSR count). The predicted molar refractivity (Wildman–Crippen MR) is 93.0 cm³/mol. The van der Waals surface area contributed by atoms with Crippen molar-refractivity contribution in [3.05, 3.63) is 33.6 Å². The Labute approximate surface area is 151 Å². The van der Waals surface area contributed by atoms with Crippen LogP contribution in [0.5, 0.6) is 0 Å². The van der Waals surface area contributed by atoms with E-state index in [0.29, 0.717) is 38.5 Å². The van der Waals surface area contributed by atoms with E-state index in [2.05, 4.69) is 13.8 Å². The highest BCUT2D eigenvalue weighted by Gasteiger charge is 2.26. The van der Waals surface area contributed by atoms with E-state index in [4.69, 9.17) is 23.2 Å². The number of halogens is 3. The van der Waals surface area contributed by atoms with Crippen LogP contribution < -0.4 is 0 Å². The molecule has 7 heteroatoms. The third-order valence-electron chi connectivity index (χ3n) is 4.10. The summed E-state index contributed by atoms with van der Waals surface area (Å²) in [6.45, 7) is 5.95. The van der Waals surface area contributed by atoms with Crippen LogP contribution in [0, 0.1) is 11.7 Å². The van der Waals surface area contributed by atoms with Gasteiger partial charge in [-0.1, -0.05) is 37.0 Å². The van der Waals surface area contributed by atoms with Crippen LogP contribution in [0.2, 0.25) is 10.0 Å². The third-order valence-corrected chi connectivity index (χ3v) is 4.70. The number of carbonyl (C=O) groups excluding carboxylic acids is 2. The normalized spacial score (nSPS) is 15.1. The first kappa shape index (κ1) is 19.0. The number of rotatable bonds is 4. The molecule has 0 aliphatic carbocycles. The average molecular weight is 375 g/mol. The van der Waals surface area contributed by atoms with E-state index in [1.54, 1.807) is 9.80 Å². The molecule has 1 aliphatic heterocycles. The van der Waals surface area contributed by atoms with Crippen molar-refractivity contribution in [1.82, 2.24) is 9.80 Å². The van der Waals surface area contributed by atoms with E-state index in [1.165, 1.54) is 6.07 Å². The topological polar surface area (TPSA) is 40.6 Å². The van der Waals surface area contributed by atoms with Gasteiger partial charge in [-0.3, -0.25) is 9.59 Å². The van der Waals surface area contributed by atoms with Crippen molar-refractivity contribution in [2.24, 2.45) is 5.92 Å². The van der Waals surface area contributed by atoms with Gasteiger partial charge in [0.15, 0.2) is 0 Å². The van der Waals surface area contributed by atoms with Gasteiger partial charge in [0.25, 0.3) is 5.91 Å². The summed E-state index contributed by atoms with van der Waals surface area (Å²) in [6.07, 6.45) is 1.39. The molecule has 24 heavy (non-hydrogen) atoms. The van der Waals surface area contributed by atoms with Crippen molar-refractivity contribution >= 4 is 35.0 Å². The van der Waals surface area contributed by atoms with Crippen LogP contribution in [0.3, 0.4) is 0 Å². The fourth-order valence-electron chi connectivity index (χ4n) is 2.59. The first-order chi connectivity index (χ1) is 11.3. The lowest BCUT2D eigenvalue weighted by Gasteiger charge is -2.35. The Hall–Kier alpha value is -1.33. The molecule has 1 aromatic rings. The summed E-state index contributed by atoms with van der Waals surface area (Å²) in [5, 5.41) is 0.0129. The molecule has 1 fully saturated rings. The van der Waals surface area contributed by atoms with Crippen LogP contribution >= 0.6 is 23.2 Å². The van der Waals surface area contributed by atoms with Gasteiger partial charge in [-0.15, -0.1) is 0 Å². The van der Waals surface area contributed by atoms with Crippen molar-refractivity contribution in [2.45, 2.75) is 26.7 Å². The van der Waals surface area contributed by atoms with Gasteiger partial charge < -0.3 is 9.80 Å². The Morgan fingerprint density at radius 1 is 1.08 bits per heavy atom. The van der Waals surface area contributed by atoms with Crippen molar-refractivity contribution in [2.75, 3.05) is 26.2 Å². The smallest absolute Gasteiger partial charge is 0.255 e. The fraction of sp³-hybridized carbons (Fsp3) is 0.529. The second-order valence-corrected chi connectivity index (χ2v) is 7.17. The molecule has 2 amide bonds. The summed E-state index contributed by atoms with van der Waals surface area (Å²) >= 11 is 11.7. The maximum absolute atomic E-state index is 13.6. The van der Waals surface area contributed by atoms with E-state index in [0.717, 1.165) is 12.5 Å². The highest BCUT2D eigenvalue weighted by atomic mass is 35.5. The molecule has 1 heterocycles. The first-order valence-electron chi connectivity index (χ1n) is 8.01. The largest absolute Gasteiger partial charge is 0.339 e. The summed E-state index contributed by atoms with van der Waals surface area (Å²) in [7, 11) is 0. The SMILES string of the molecule is CC(C)CCC(=O)N1CCN(C(=O)c2cc(F)c(Cl)cc2Cl)CC1. The quantitative estimate of drug-likeness (QED) is 0.750. The second-order valence-electron chi connectivity index (χ2n) is 6.35. The van der Waals surface area contributed by atoms with Gasteiger partial charge >= 0.3 is 0 Å². The van der Waals surface area contributed by atoms with Crippen molar-refractivity contribution in [1.29, 1.82) is 0 Å². The molecule has 4 nitrogen and oxygen atoms in total. The fourth-order valence-corrected chi connectivity index (χ4v) is 3.05. The minimum atomic E-state index is -0.674. The summed E-state index contributed by atoms with van der Waals surface area (Å²) in [5.41, 5.74) is 0.0955. The molecule has 0 atom stereocenters. The lowest BCUT2D eigenvalue weighted by molar-refractivity contribution is -0.132. The third kappa shape index (κ3) is 4.61. The molecule has 0 saturated carbocycles. The number of hydrogen-bond donors (Lipinski definition) is 0. The van der Waals surface area contributed by atoms with Crippen LogP contribution in [0.4, 0.5) is 4.39 Å². The van der Waals surface area contributed by atoms with Crippen LogP contribution in [-0.2, 0) is 4.79 Å². The molecule has 0 aromatic heterocycles. The minimum Gasteiger partial charge on any atom is -0.339 e. The molecule has 0 spiro atoms. The van der Waals surface area contributed by atoms with E-state index >= 15 is 0 Å². The summed E-state index contributed by atoms with van der Waals surface area (Å²) in [5.74, 6) is -0.415. The highest BCUT2D eigenvalue weighted by Crippen LogP contribution is 2.25. The maximum Gasteiger partial charge on any atom is 0.255 e. The van der Waals surface area contributed by atoms with Gasteiger partial charge in [0, 0.05) is 32.6 Å². The number of benzene rings is 1. The monoisotopic (exact) mass is 374 g/mol. The molecule has 1 aromatic carbocycles. The van der Waals surface area contributed by atoms with E-state index in [1.807, 2.05) is 0 Å². The van der Waals surface area contributed by atoms with Crippen molar-refractivity contribution in [3.63, 3.8) is 0 Å². The summed E-state index contributed by atoms with van der Waals surface area (Å²) in [4.78, 5) is 28.0. The Bertz CT molecular complexity index is 629. The second kappa shape index (κ2) is 8.17. The van der Waals surface area contributed by atoms with Gasteiger partial charge in [-0.05, 0) is 24.5 Å². The highest BCUT2D eigenvalue weighted by molar-refractivity contribution is 6.36. The van der Waals surface area contributed by atoms with E-state index in [-0.39, 0.29) is 27.4 Å².